The highest BCUT2D eigenvalue weighted by Crippen LogP contribution is 2.19. The fourth-order valence-corrected chi connectivity index (χ4v) is 1.56. The maximum absolute atomic E-state index is 11.9. The topological polar surface area (TPSA) is 44.8 Å². The van der Waals surface area contributed by atoms with Crippen LogP contribution in [-0.4, -0.2) is 38.3 Å². The average molecular weight is 236 g/mol. The molecule has 0 unspecified atom stereocenters. The van der Waals surface area contributed by atoms with Crippen LogP contribution < -0.4 is 4.74 Å². The lowest BCUT2D eigenvalue weighted by Crippen LogP contribution is -2.37. The Morgan fingerprint density at radius 2 is 2.18 bits per heavy atom. The van der Waals surface area contributed by atoms with Crippen LogP contribution in [0.2, 0.25) is 0 Å². The fourth-order valence-electron chi connectivity index (χ4n) is 1.56. The quantitative estimate of drug-likeness (QED) is 0.705. The van der Waals surface area contributed by atoms with E-state index in [1.54, 1.807) is 12.1 Å². The zero-order valence-corrected chi connectivity index (χ0v) is 9.85. The molecule has 0 saturated carbocycles. The van der Waals surface area contributed by atoms with Crippen LogP contribution in [0.5, 0.6) is 5.75 Å². The van der Waals surface area contributed by atoms with Crippen molar-refractivity contribution in [3.63, 3.8) is 0 Å². The summed E-state index contributed by atoms with van der Waals surface area (Å²) in [5.74, 6) is 0.564. The van der Waals surface area contributed by atoms with E-state index < -0.39 is 0 Å². The van der Waals surface area contributed by atoms with E-state index in [2.05, 4.69) is 0 Å². The summed E-state index contributed by atoms with van der Waals surface area (Å²) in [6.45, 7) is 3.68. The number of carbonyl (C=O) groups is 1. The van der Waals surface area contributed by atoms with Gasteiger partial charge in [-0.15, -0.1) is 0 Å². The second-order valence-electron chi connectivity index (χ2n) is 3.82. The summed E-state index contributed by atoms with van der Waals surface area (Å²) in [6.07, 6.45) is 0.0678. The predicted molar refractivity (Wildman–Crippen MR) is 62.5 cm³/mol. The van der Waals surface area contributed by atoms with Crippen LogP contribution in [0, 0.1) is 0 Å². The molecular weight excluding hydrogens is 220 g/mol. The van der Waals surface area contributed by atoms with Gasteiger partial charge in [-0.2, -0.15) is 0 Å². The Labute approximate surface area is 100 Å². The smallest absolute Gasteiger partial charge is 0.192 e. The molecule has 0 bridgehead atoms. The van der Waals surface area contributed by atoms with E-state index in [-0.39, 0.29) is 18.5 Å². The molecule has 0 aliphatic carbocycles. The number of ether oxygens (including phenoxy) is 3. The first-order chi connectivity index (χ1) is 8.31. The predicted octanol–water partition coefficient (Wildman–Crippen LogP) is 1.68. The molecule has 1 saturated heterocycles. The maximum atomic E-state index is 11.9. The van der Waals surface area contributed by atoms with E-state index >= 15 is 0 Å². The van der Waals surface area contributed by atoms with Gasteiger partial charge in [0.25, 0.3) is 0 Å². The van der Waals surface area contributed by atoms with Crippen LogP contribution in [0.3, 0.4) is 0 Å². The minimum absolute atomic E-state index is 0.0547. The summed E-state index contributed by atoms with van der Waals surface area (Å²) in [5, 5.41) is 0. The number of hydrogen-bond acceptors (Lipinski definition) is 4. The summed E-state index contributed by atoms with van der Waals surface area (Å²) in [7, 11) is 0. The van der Waals surface area contributed by atoms with Crippen molar-refractivity contribution in [2.45, 2.75) is 13.0 Å². The summed E-state index contributed by atoms with van der Waals surface area (Å²) in [5.41, 5.74) is 0.578. The van der Waals surface area contributed by atoms with Crippen molar-refractivity contribution < 1.29 is 19.0 Å². The molecule has 1 fully saturated rings. The zero-order valence-electron chi connectivity index (χ0n) is 9.85. The second kappa shape index (κ2) is 5.80. The van der Waals surface area contributed by atoms with Crippen LogP contribution in [0.4, 0.5) is 0 Å². The van der Waals surface area contributed by atoms with E-state index in [4.69, 9.17) is 14.2 Å². The van der Waals surface area contributed by atoms with E-state index in [9.17, 15) is 4.79 Å². The van der Waals surface area contributed by atoms with Crippen LogP contribution in [0.25, 0.3) is 0 Å². The van der Waals surface area contributed by atoms with Gasteiger partial charge in [0.1, 0.15) is 18.5 Å². The van der Waals surface area contributed by atoms with Gasteiger partial charge in [-0.05, 0) is 19.1 Å². The van der Waals surface area contributed by atoms with Crippen molar-refractivity contribution in [3.8, 4) is 5.75 Å². The molecule has 4 heteroatoms. The minimum Gasteiger partial charge on any atom is -0.493 e. The Hall–Kier alpha value is -1.39. The molecule has 17 heavy (non-hydrogen) atoms. The van der Waals surface area contributed by atoms with Gasteiger partial charge >= 0.3 is 0 Å². The van der Waals surface area contributed by atoms with Gasteiger partial charge < -0.3 is 14.2 Å². The third-order valence-electron chi connectivity index (χ3n) is 2.54. The monoisotopic (exact) mass is 236 g/mol. The lowest BCUT2D eigenvalue weighted by Gasteiger charge is -2.25. The first-order valence-corrected chi connectivity index (χ1v) is 5.75. The molecule has 0 radical (unpaired) electrons. The molecule has 4 nitrogen and oxygen atoms in total. The Balaban J connectivity index is 1.96. The molecule has 1 aromatic rings. The molecule has 92 valence electrons. The molecule has 1 aliphatic heterocycles. The van der Waals surface area contributed by atoms with Crippen molar-refractivity contribution in [1.82, 2.24) is 0 Å². The maximum Gasteiger partial charge on any atom is 0.192 e. The second-order valence-corrected chi connectivity index (χ2v) is 3.82. The lowest BCUT2D eigenvalue weighted by atomic mass is 10.1. The Morgan fingerprint density at radius 1 is 1.41 bits per heavy atom. The summed E-state index contributed by atoms with van der Waals surface area (Å²) in [4.78, 5) is 11.9. The van der Waals surface area contributed by atoms with Gasteiger partial charge in [-0.25, -0.2) is 0 Å². The first kappa shape index (κ1) is 12.1. The highest BCUT2D eigenvalue weighted by Gasteiger charge is 2.21. The molecule has 0 spiro atoms. The van der Waals surface area contributed by atoms with Crippen molar-refractivity contribution in [3.05, 3.63) is 29.8 Å². The van der Waals surface area contributed by atoms with Crippen molar-refractivity contribution >= 4 is 5.78 Å². The van der Waals surface area contributed by atoms with Gasteiger partial charge in [-0.3, -0.25) is 4.79 Å². The van der Waals surface area contributed by atoms with Gasteiger partial charge in [0, 0.05) is 0 Å². The Morgan fingerprint density at radius 3 is 2.82 bits per heavy atom. The van der Waals surface area contributed by atoms with Gasteiger partial charge in [0.2, 0.25) is 0 Å². The molecule has 0 N–H and O–H groups in total. The van der Waals surface area contributed by atoms with Crippen LogP contribution in [0.1, 0.15) is 17.3 Å². The van der Waals surface area contributed by atoms with Crippen LogP contribution in [-0.2, 0) is 9.47 Å². The summed E-state index contributed by atoms with van der Waals surface area (Å²) < 4.78 is 15.8. The molecule has 1 aliphatic rings. The minimum atomic E-state index is -0.0547. The molecule has 0 amide bonds. The van der Waals surface area contributed by atoms with Crippen molar-refractivity contribution in [2.75, 3.05) is 26.4 Å². The molecule has 1 heterocycles. The molecule has 2 rings (SSSR count). The Bertz CT molecular complexity index is 385. The molecular formula is C13H16O4. The summed E-state index contributed by atoms with van der Waals surface area (Å²) in [6, 6.07) is 7.22. The van der Waals surface area contributed by atoms with E-state index in [0.717, 1.165) is 0 Å². The standard InChI is InChI=1S/C13H16O4/c1-2-16-13-6-4-3-5-11(13)12(14)9-17-10-7-15-8-10/h3-6,10H,2,7-9H2,1H3. The molecule has 0 aromatic heterocycles. The fraction of sp³-hybridized carbons (Fsp3) is 0.462. The van der Waals surface area contributed by atoms with E-state index in [1.807, 2.05) is 19.1 Å². The van der Waals surface area contributed by atoms with Crippen molar-refractivity contribution in [1.29, 1.82) is 0 Å². The summed E-state index contributed by atoms with van der Waals surface area (Å²) >= 11 is 0. The van der Waals surface area contributed by atoms with Crippen LogP contribution in [0.15, 0.2) is 24.3 Å². The largest absolute Gasteiger partial charge is 0.493 e. The normalized spacial score (nSPS) is 15.4. The number of para-hydroxylation sites is 1. The lowest BCUT2D eigenvalue weighted by molar-refractivity contribution is -0.123. The number of rotatable bonds is 6. The van der Waals surface area contributed by atoms with E-state index in [1.165, 1.54) is 0 Å². The number of hydrogen-bond donors (Lipinski definition) is 0. The van der Waals surface area contributed by atoms with E-state index in [0.29, 0.717) is 31.1 Å². The highest BCUT2D eigenvalue weighted by molar-refractivity contribution is 5.99. The van der Waals surface area contributed by atoms with Gasteiger partial charge in [0.15, 0.2) is 5.78 Å². The van der Waals surface area contributed by atoms with Gasteiger partial charge in [0.05, 0.1) is 25.4 Å². The zero-order chi connectivity index (χ0) is 12.1. The highest BCUT2D eigenvalue weighted by atomic mass is 16.6. The third-order valence-corrected chi connectivity index (χ3v) is 2.54. The number of ketones is 1. The van der Waals surface area contributed by atoms with Crippen LogP contribution >= 0.6 is 0 Å². The number of Topliss-reactive ketones (excluding diaryl/α,β-unsaturated/α-hetero) is 1. The van der Waals surface area contributed by atoms with Crippen molar-refractivity contribution in [2.24, 2.45) is 0 Å². The number of carbonyl (C=O) groups excluding carboxylic acids is 1. The SMILES string of the molecule is CCOc1ccccc1C(=O)COC1COC1. The average Bonchev–Trinajstić information content (AvgIpc) is 2.28. The number of benzene rings is 1. The first-order valence-electron chi connectivity index (χ1n) is 5.75. The van der Waals surface area contributed by atoms with Gasteiger partial charge in [-0.1, -0.05) is 12.1 Å². The molecule has 0 atom stereocenters. The third kappa shape index (κ3) is 3.05. The molecule has 1 aromatic carbocycles. The Kier molecular flexibility index (Phi) is 4.12.